The minimum Gasteiger partial charge on any atom is -0.332 e. The van der Waals surface area contributed by atoms with Crippen LogP contribution in [0.2, 0.25) is 0 Å². The number of rotatable bonds is 6. The van der Waals surface area contributed by atoms with Crippen LogP contribution in [0.15, 0.2) is 72.2 Å². The molecule has 0 spiro atoms. The summed E-state index contributed by atoms with van der Waals surface area (Å²) in [6.07, 6.45) is 1.72. The van der Waals surface area contributed by atoms with Gasteiger partial charge >= 0.3 is 0 Å². The van der Waals surface area contributed by atoms with Crippen LogP contribution in [0.1, 0.15) is 27.0 Å². The number of pyridine rings is 1. The molecule has 0 aliphatic heterocycles. The Morgan fingerprint density at radius 3 is 2.37 bits per heavy atom. The molecule has 0 unspecified atom stereocenters. The number of aromatic nitrogens is 1. The lowest BCUT2D eigenvalue weighted by Gasteiger charge is -2.30. The summed E-state index contributed by atoms with van der Waals surface area (Å²) in [7, 11) is 3.39. The highest BCUT2D eigenvalue weighted by molar-refractivity contribution is 7.12. The van der Waals surface area contributed by atoms with Gasteiger partial charge in [0.1, 0.15) is 0 Å². The van der Waals surface area contributed by atoms with Gasteiger partial charge in [-0.05, 0) is 29.1 Å². The predicted molar refractivity (Wildman–Crippen MR) is 107 cm³/mol. The third-order valence-corrected chi connectivity index (χ3v) is 5.17. The smallest absolute Gasteiger partial charge is 0.264 e. The van der Waals surface area contributed by atoms with Gasteiger partial charge < -0.3 is 9.80 Å². The van der Waals surface area contributed by atoms with Crippen LogP contribution in [-0.4, -0.2) is 47.2 Å². The zero-order valence-electron chi connectivity index (χ0n) is 15.3. The molecule has 1 atom stereocenters. The van der Waals surface area contributed by atoms with Gasteiger partial charge in [0, 0.05) is 20.3 Å². The van der Waals surface area contributed by atoms with Crippen LogP contribution in [0, 0.1) is 0 Å². The first-order valence-corrected chi connectivity index (χ1v) is 9.46. The second kappa shape index (κ2) is 8.60. The van der Waals surface area contributed by atoms with E-state index in [1.165, 1.54) is 16.2 Å². The zero-order chi connectivity index (χ0) is 19.2. The third-order valence-electron chi connectivity index (χ3n) is 4.32. The predicted octanol–water partition coefficient (Wildman–Crippen LogP) is 3.46. The summed E-state index contributed by atoms with van der Waals surface area (Å²) in [5.74, 6) is -0.303. The Morgan fingerprint density at radius 1 is 1.00 bits per heavy atom. The lowest BCUT2D eigenvalue weighted by Crippen LogP contribution is -2.41. The van der Waals surface area contributed by atoms with Crippen LogP contribution in [-0.2, 0) is 4.79 Å². The molecule has 0 fully saturated rings. The molecule has 2 heterocycles. The van der Waals surface area contributed by atoms with Crippen molar-refractivity contribution in [3.63, 3.8) is 0 Å². The van der Waals surface area contributed by atoms with Crippen LogP contribution in [0.5, 0.6) is 0 Å². The molecule has 0 aliphatic rings. The van der Waals surface area contributed by atoms with Crippen molar-refractivity contribution < 1.29 is 9.59 Å². The molecule has 0 radical (unpaired) electrons. The van der Waals surface area contributed by atoms with Crippen molar-refractivity contribution in [1.29, 1.82) is 0 Å². The van der Waals surface area contributed by atoms with E-state index in [9.17, 15) is 9.59 Å². The minimum atomic E-state index is -0.315. The first-order chi connectivity index (χ1) is 13.1. The van der Waals surface area contributed by atoms with Gasteiger partial charge in [-0.3, -0.25) is 14.6 Å². The van der Waals surface area contributed by atoms with E-state index in [1.54, 1.807) is 31.3 Å². The second-order valence-corrected chi connectivity index (χ2v) is 7.16. The molecule has 0 saturated heterocycles. The summed E-state index contributed by atoms with van der Waals surface area (Å²) in [5.41, 5.74) is 1.76. The number of thiophene rings is 1. The Kier molecular flexibility index (Phi) is 5.98. The average Bonchev–Trinajstić information content (AvgIpc) is 3.24. The van der Waals surface area contributed by atoms with Gasteiger partial charge in [-0.1, -0.05) is 42.5 Å². The Morgan fingerprint density at radius 2 is 1.74 bits per heavy atom. The SMILES string of the molecule is CN(CC(=O)N(C)[C@@H](c1ccccc1)c1ccccn1)C(=O)c1cccs1. The van der Waals surface area contributed by atoms with Gasteiger partial charge in [-0.15, -0.1) is 11.3 Å². The largest absolute Gasteiger partial charge is 0.332 e. The fourth-order valence-corrected chi connectivity index (χ4v) is 3.60. The topological polar surface area (TPSA) is 53.5 Å². The van der Waals surface area contributed by atoms with Crippen molar-refractivity contribution in [1.82, 2.24) is 14.8 Å². The Balaban J connectivity index is 1.80. The zero-order valence-corrected chi connectivity index (χ0v) is 16.1. The lowest BCUT2D eigenvalue weighted by molar-refractivity contribution is -0.131. The first-order valence-electron chi connectivity index (χ1n) is 8.58. The fraction of sp³-hybridized carbons (Fsp3) is 0.190. The summed E-state index contributed by atoms with van der Waals surface area (Å²) >= 11 is 1.37. The molecule has 0 bridgehead atoms. The van der Waals surface area contributed by atoms with Crippen molar-refractivity contribution in [3.8, 4) is 0 Å². The third kappa shape index (κ3) is 4.41. The van der Waals surface area contributed by atoms with E-state index in [4.69, 9.17) is 0 Å². The molecule has 5 nitrogen and oxygen atoms in total. The molecule has 0 aliphatic carbocycles. The van der Waals surface area contributed by atoms with Gasteiger partial charge in [-0.2, -0.15) is 0 Å². The van der Waals surface area contributed by atoms with Crippen LogP contribution in [0.25, 0.3) is 0 Å². The van der Waals surface area contributed by atoms with Gasteiger partial charge in [0.05, 0.1) is 23.2 Å². The van der Waals surface area contributed by atoms with Crippen LogP contribution < -0.4 is 0 Å². The molecule has 138 valence electrons. The van der Waals surface area contributed by atoms with E-state index in [0.29, 0.717) is 4.88 Å². The van der Waals surface area contributed by atoms with E-state index < -0.39 is 0 Å². The molecule has 2 aromatic heterocycles. The summed E-state index contributed by atoms with van der Waals surface area (Å²) in [5, 5.41) is 1.85. The molecule has 1 aromatic carbocycles. The molecular formula is C21H21N3O2S. The molecule has 27 heavy (non-hydrogen) atoms. The summed E-state index contributed by atoms with van der Waals surface area (Å²) in [6, 6.07) is 18.7. The van der Waals surface area contributed by atoms with Gasteiger partial charge in [0.25, 0.3) is 5.91 Å². The minimum absolute atomic E-state index is 0.00337. The molecule has 3 rings (SSSR count). The molecular weight excluding hydrogens is 358 g/mol. The average molecular weight is 379 g/mol. The summed E-state index contributed by atoms with van der Waals surface area (Å²) in [4.78, 5) is 33.5. The molecule has 3 aromatic rings. The van der Waals surface area contributed by atoms with Crippen LogP contribution >= 0.6 is 11.3 Å². The number of amides is 2. The molecule has 0 N–H and O–H groups in total. The number of carbonyl (C=O) groups excluding carboxylic acids is 2. The van der Waals surface area contributed by atoms with E-state index in [0.717, 1.165) is 11.3 Å². The van der Waals surface area contributed by atoms with Crippen LogP contribution in [0.4, 0.5) is 0 Å². The van der Waals surface area contributed by atoms with Crippen molar-refractivity contribution >= 4 is 23.2 Å². The quantitative estimate of drug-likeness (QED) is 0.659. The van der Waals surface area contributed by atoms with Gasteiger partial charge in [0.2, 0.25) is 5.91 Å². The van der Waals surface area contributed by atoms with Gasteiger partial charge in [-0.25, -0.2) is 0 Å². The maximum absolute atomic E-state index is 12.9. The second-order valence-electron chi connectivity index (χ2n) is 6.21. The van der Waals surface area contributed by atoms with Crippen molar-refractivity contribution in [3.05, 3.63) is 88.4 Å². The number of benzene rings is 1. The van der Waals surface area contributed by atoms with E-state index >= 15 is 0 Å². The molecule has 0 saturated carbocycles. The van der Waals surface area contributed by atoms with E-state index in [-0.39, 0.29) is 24.4 Å². The first kappa shape index (κ1) is 18.8. The monoisotopic (exact) mass is 379 g/mol. The maximum atomic E-state index is 12.9. The molecule has 6 heteroatoms. The lowest BCUT2D eigenvalue weighted by atomic mass is 10.0. The number of hydrogen-bond donors (Lipinski definition) is 0. The number of hydrogen-bond acceptors (Lipinski definition) is 4. The number of nitrogens with zero attached hydrogens (tertiary/aromatic N) is 3. The standard InChI is InChI=1S/C21H21N3O2S/c1-23(21(26)18-12-8-14-27-18)15-19(25)24(2)20(16-9-4-3-5-10-16)17-11-6-7-13-22-17/h3-14,20H,15H2,1-2H3/t20-/m0/s1. The van der Waals surface area contributed by atoms with E-state index in [1.807, 2.05) is 60.0 Å². The molecule has 2 amide bonds. The summed E-state index contributed by atoms with van der Waals surface area (Å²) < 4.78 is 0. The van der Waals surface area contributed by atoms with E-state index in [2.05, 4.69) is 4.98 Å². The van der Waals surface area contributed by atoms with Gasteiger partial charge in [0.15, 0.2) is 0 Å². The van der Waals surface area contributed by atoms with Crippen molar-refractivity contribution in [2.45, 2.75) is 6.04 Å². The Labute approximate surface area is 162 Å². The number of carbonyl (C=O) groups is 2. The highest BCUT2D eigenvalue weighted by Gasteiger charge is 2.26. The highest BCUT2D eigenvalue weighted by Crippen LogP contribution is 2.26. The Hall–Kier alpha value is -2.99. The normalized spacial score (nSPS) is 11.6. The van der Waals surface area contributed by atoms with Crippen molar-refractivity contribution in [2.75, 3.05) is 20.6 Å². The van der Waals surface area contributed by atoms with Crippen molar-refractivity contribution in [2.24, 2.45) is 0 Å². The Bertz CT molecular complexity index is 843. The van der Waals surface area contributed by atoms with Crippen LogP contribution in [0.3, 0.4) is 0 Å². The number of likely N-dealkylation sites (N-methyl/N-ethyl adjacent to an activating group) is 2. The summed E-state index contributed by atoms with van der Waals surface area (Å²) in [6.45, 7) is 0.00337. The highest BCUT2D eigenvalue weighted by atomic mass is 32.1. The fourth-order valence-electron chi connectivity index (χ4n) is 2.88. The maximum Gasteiger partial charge on any atom is 0.264 e.